The van der Waals surface area contributed by atoms with E-state index in [4.69, 9.17) is 5.84 Å². The van der Waals surface area contributed by atoms with Crippen molar-refractivity contribution in [2.45, 2.75) is 39.2 Å². The quantitative estimate of drug-likeness (QED) is 0.362. The minimum atomic E-state index is -0.155. The summed E-state index contributed by atoms with van der Waals surface area (Å²) in [5.74, 6) is 4.87. The molecule has 1 aromatic heterocycles. The van der Waals surface area contributed by atoms with E-state index in [-0.39, 0.29) is 11.5 Å². The number of para-hydroxylation sites is 2. The van der Waals surface area contributed by atoms with Gasteiger partial charge in [-0.1, -0.05) is 18.6 Å². The molecule has 0 atom stereocenters. The largest absolute Gasteiger partial charge is 0.305 e. The molecule has 0 aliphatic rings. The fraction of sp³-hybridized carbons (Fsp3) is 0.400. The molecule has 0 saturated carbocycles. The number of fused-ring (bicyclic) bond motifs is 1. The van der Waals surface area contributed by atoms with E-state index in [0.717, 1.165) is 30.3 Å². The molecule has 6 nitrogen and oxygen atoms in total. The standard InChI is InChI=1S/C15H20N4O2/c1-11-15(21)19(10-6-2-3-9-14(20)18-16)13-8-5-4-7-12(13)17-11/h4-5,7-8H,2-3,6,9-10,16H2,1H3,(H,18,20). The van der Waals surface area contributed by atoms with Crippen LogP contribution in [0.3, 0.4) is 0 Å². The van der Waals surface area contributed by atoms with E-state index in [9.17, 15) is 9.59 Å². The van der Waals surface area contributed by atoms with Gasteiger partial charge < -0.3 is 4.57 Å². The summed E-state index contributed by atoms with van der Waals surface area (Å²) in [4.78, 5) is 27.6. The number of benzene rings is 1. The van der Waals surface area contributed by atoms with Crippen LogP contribution in [0.4, 0.5) is 0 Å². The van der Waals surface area contributed by atoms with Crippen molar-refractivity contribution < 1.29 is 4.79 Å². The molecule has 21 heavy (non-hydrogen) atoms. The van der Waals surface area contributed by atoms with Crippen LogP contribution in [0.25, 0.3) is 11.0 Å². The van der Waals surface area contributed by atoms with E-state index in [2.05, 4.69) is 10.4 Å². The Balaban J connectivity index is 2.06. The smallest absolute Gasteiger partial charge is 0.272 e. The lowest BCUT2D eigenvalue weighted by atomic mass is 10.2. The molecule has 1 heterocycles. The number of amides is 1. The predicted molar refractivity (Wildman–Crippen MR) is 81.5 cm³/mol. The van der Waals surface area contributed by atoms with Gasteiger partial charge in [-0.3, -0.25) is 15.0 Å². The van der Waals surface area contributed by atoms with E-state index < -0.39 is 0 Å². The normalized spacial score (nSPS) is 10.8. The van der Waals surface area contributed by atoms with E-state index in [1.165, 1.54) is 0 Å². The number of nitrogens with one attached hydrogen (secondary N) is 1. The van der Waals surface area contributed by atoms with Crippen LogP contribution < -0.4 is 16.8 Å². The second-order valence-electron chi connectivity index (χ2n) is 5.02. The van der Waals surface area contributed by atoms with Gasteiger partial charge in [0.05, 0.1) is 11.0 Å². The Morgan fingerprint density at radius 1 is 1.29 bits per heavy atom. The highest BCUT2D eigenvalue weighted by atomic mass is 16.2. The van der Waals surface area contributed by atoms with Crippen LogP contribution in [0, 0.1) is 6.92 Å². The third-order valence-electron chi connectivity index (χ3n) is 3.46. The maximum Gasteiger partial charge on any atom is 0.272 e. The number of aromatic nitrogens is 2. The van der Waals surface area contributed by atoms with Gasteiger partial charge in [0.2, 0.25) is 5.91 Å². The van der Waals surface area contributed by atoms with Gasteiger partial charge in [-0.15, -0.1) is 0 Å². The maximum atomic E-state index is 12.2. The molecular weight excluding hydrogens is 268 g/mol. The molecule has 1 amide bonds. The summed E-state index contributed by atoms with van der Waals surface area (Å²) in [7, 11) is 0. The van der Waals surface area contributed by atoms with Crippen LogP contribution in [-0.4, -0.2) is 15.5 Å². The summed E-state index contributed by atoms with van der Waals surface area (Å²) >= 11 is 0. The van der Waals surface area contributed by atoms with E-state index in [0.29, 0.717) is 18.7 Å². The maximum absolute atomic E-state index is 12.2. The Labute approximate surface area is 122 Å². The Bertz CT molecular complexity index is 694. The highest BCUT2D eigenvalue weighted by Crippen LogP contribution is 2.11. The van der Waals surface area contributed by atoms with Crippen LogP contribution in [0.15, 0.2) is 29.1 Å². The van der Waals surface area contributed by atoms with Crippen LogP contribution >= 0.6 is 0 Å². The van der Waals surface area contributed by atoms with Gasteiger partial charge in [0.15, 0.2) is 0 Å². The number of nitrogens with two attached hydrogens (primary N) is 1. The summed E-state index contributed by atoms with van der Waals surface area (Å²) in [5.41, 5.74) is 4.26. The fourth-order valence-corrected chi connectivity index (χ4v) is 2.35. The molecule has 0 aliphatic carbocycles. The molecule has 3 N–H and O–H groups in total. The van der Waals surface area contributed by atoms with Crippen molar-refractivity contribution in [2.24, 2.45) is 5.84 Å². The molecule has 6 heteroatoms. The molecule has 0 radical (unpaired) electrons. The number of unbranched alkanes of at least 4 members (excludes halogenated alkanes) is 2. The van der Waals surface area contributed by atoms with Crippen molar-refractivity contribution in [3.05, 3.63) is 40.3 Å². The zero-order valence-corrected chi connectivity index (χ0v) is 12.1. The van der Waals surface area contributed by atoms with E-state index in [1.54, 1.807) is 11.5 Å². The molecule has 0 fully saturated rings. The third kappa shape index (κ3) is 3.66. The minimum absolute atomic E-state index is 0.0478. The van der Waals surface area contributed by atoms with Crippen LogP contribution in [0.5, 0.6) is 0 Å². The number of rotatable bonds is 6. The third-order valence-corrected chi connectivity index (χ3v) is 3.46. The van der Waals surface area contributed by atoms with Crippen LogP contribution in [0.2, 0.25) is 0 Å². The molecule has 0 bridgehead atoms. The first-order valence-corrected chi connectivity index (χ1v) is 7.09. The van der Waals surface area contributed by atoms with Gasteiger partial charge in [-0.25, -0.2) is 10.8 Å². The Morgan fingerprint density at radius 2 is 2.05 bits per heavy atom. The van der Waals surface area contributed by atoms with Crippen molar-refractivity contribution >= 4 is 16.9 Å². The van der Waals surface area contributed by atoms with Gasteiger partial charge in [0.25, 0.3) is 5.56 Å². The molecule has 0 spiro atoms. The SMILES string of the molecule is Cc1nc2ccccc2n(CCCCCC(=O)NN)c1=O. The average Bonchev–Trinajstić information content (AvgIpc) is 2.50. The van der Waals surface area contributed by atoms with Crippen molar-refractivity contribution in [1.82, 2.24) is 15.0 Å². The molecule has 1 aromatic carbocycles. The number of nitrogens with zero attached hydrogens (tertiary/aromatic N) is 2. The van der Waals surface area contributed by atoms with Crippen molar-refractivity contribution in [2.75, 3.05) is 0 Å². The van der Waals surface area contributed by atoms with Gasteiger partial charge in [0, 0.05) is 13.0 Å². The molecular formula is C15H20N4O2. The molecule has 112 valence electrons. The number of hydrogen-bond donors (Lipinski definition) is 2. The highest BCUT2D eigenvalue weighted by Gasteiger charge is 2.07. The Kier molecular flexibility index (Phi) is 5.05. The van der Waals surface area contributed by atoms with Crippen molar-refractivity contribution in [3.8, 4) is 0 Å². The second-order valence-corrected chi connectivity index (χ2v) is 5.02. The average molecular weight is 288 g/mol. The topological polar surface area (TPSA) is 90.0 Å². The lowest BCUT2D eigenvalue weighted by Crippen LogP contribution is -2.29. The lowest BCUT2D eigenvalue weighted by Gasteiger charge is -2.10. The monoisotopic (exact) mass is 288 g/mol. The fourth-order valence-electron chi connectivity index (χ4n) is 2.35. The number of carbonyl (C=O) groups excluding carboxylic acids is 1. The molecule has 2 aromatic rings. The van der Waals surface area contributed by atoms with Gasteiger partial charge in [0.1, 0.15) is 5.69 Å². The first-order chi connectivity index (χ1) is 10.1. The lowest BCUT2D eigenvalue weighted by molar-refractivity contribution is -0.121. The first kappa shape index (κ1) is 15.2. The van der Waals surface area contributed by atoms with Crippen LogP contribution in [0.1, 0.15) is 31.4 Å². The Morgan fingerprint density at radius 3 is 2.81 bits per heavy atom. The minimum Gasteiger partial charge on any atom is -0.305 e. The first-order valence-electron chi connectivity index (χ1n) is 7.09. The number of carbonyl (C=O) groups is 1. The summed E-state index contributed by atoms with van der Waals surface area (Å²) in [5, 5.41) is 0. The number of aryl methyl sites for hydroxylation is 2. The molecule has 0 aliphatic heterocycles. The number of hydrazine groups is 1. The molecule has 0 saturated heterocycles. The van der Waals surface area contributed by atoms with Gasteiger partial charge >= 0.3 is 0 Å². The van der Waals surface area contributed by atoms with Crippen molar-refractivity contribution in [3.63, 3.8) is 0 Å². The van der Waals surface area contributed by atoms with Crippen molar-refractivity contribution in [1.29, 1.82) is 0 Å². The van der Waals surface area contributed by atoms with Crippen LogP contribution in [-0.2, 0) is 11.3 Å². The van der Waals surface area contributed by atoms with Gasteiger partial charge in [-0.05, 0) is 31.9 Å². The van der Waals surface area contributed by atoms with Gasteiger partial charge in [-0.2, -0.15) is 0 Å². The second kappa shape index (κ2) is 6.99. The molecule has 2 rings (SSSR count). The number of hydrogen-bond acceptors (Lipinski definition) is 4. The highest BCUT2D eigenvalue weighted by molar-refractivity contribution is 5.75. The summed E-state index contributed by atoms with van der Waals surface area (Å²) in [6, 6.07) is 7.63. The predicted octanol–water partition coefficient (Wildman–Crippen LogP) is 1.26. The molecule has 0 unspecified atom stereocenters. The summed E-state index contributed by atoms with van der Waals surface area (Å²) in [6.45, 7) is 2.36. The zero-order valence-electron chi connectivity index (χ0n) is 12.1. The van der Waals surface area contributed by atoms with E-state index in [1.807, 2.05) is 24.3 Å². The summed E-state index contributed by atoms with van der Waals surface area (Å²) in [6.07, 6.45) is 2.89. The Hall–Kier alpha value is -2.21. The zero-order chi connectivity index (χ0) is 15.2. The van der Waals surface area contributed by atoms with E-state index >= 15 is 0 Å². The summed E-state index contributed by atoms with van der Waals surface area (Å²) < 4.78 is 1.76.